The fourth-order valence-corrected chi connectivity index (χ4v) is 1.45. The molecule has 0 aromatic carbocycles. The lowest BCUT2D eigenvalue weighted by Gasteiger charge is -2.01. The van der Waals surface area contributed by atoms with Crippen LogP contribution in [0.3, 0.4) is 0 Å². The van der Waals surface area contributed by atoms with E-state index in [-0.39, 0.29) is 5.78 Å². The van der Waals surface area contributed by atoms with E-state index in [2.05, 4.69) is 20.1 Å². The molecule has 0 saturated heterocycles. The number of carbonyl (C=O) groups is 1. The Bertz CT molecular complexity index is 274. The van der Waals surface area contributed by atoms with Gasteiger partial charge in [0.05, 0.1) is 12.9 Å². The molecule has 1 atom stereocenters. The molecule has 1 saturated carbocycles. The summed E-state index contributed by atoms with van der Waals surface area (Å²) in [5.41, 5.74) is 0.941. The number of allylic oxidation sites excluding steroid dienone is 4. The number of hydrogen-bond donors (Lipinski definition) is 0. The number of hydrogen-bond acceptors (Lipinski definition) is 2. The predicted octanol–water partition coefficient (Wildman–Crippen LogP) is 3.26. The normalized spacial score (nSPS) is 23.7. The molecule has 15 heavy (non-hydrogen) atoms. The van der Waals surface area contributed by atoms with Crippen molar-refractivity contribution in [1.29, 1.82) is 0 Å². The van der Waals surface area contributed by atoms with Crippen molar-refractivity contribution < 1.29 is 9.53 Å². The average molecular weight is 208 g/mol. The molecule has 1 unspecified atom stereocenters. The van der Waals surface area contributed by atoms with Crippen LogP contribution < -0.4 is 0 Å². The van der Waals surface area contributed by atoms with Crippen molar-refractivity contribution in [3.63, 3.8) is 0 Å². The summed E-state index contributed by atoms with van der Waals surface area (Å²) in [5, 5.41) is 0. The number of ketones is 1. The van der Waals surface area contributed by atoms with E-state index in [0.717, 1.165) is 17.8 Å². The van der Waals surface area contributed by atoms with Crippen LogP contribution in [0.2, 0.25) is 0 Å². The van der Waals surface area contributed by atoms with E-state index >= 15 is 0 Å². The second-order valence-electron chi connectivity index (χ2n) is 3.47. The van der Waals surface area contributed by atoms with Crippen LogP contribution in [0.1, 0.15) is 26.7 Å². The van der Waals surface area contributed by atoms with Crippen LogP contribution in [0.4, 0.5) is 0 Å². The van der Waals surface area contributed by atoms with Crippen LogP contribution in [0.25, 0.3) is 0 Å². The zero-order chi connectivity index (χ0) is 11.8. The fraction of sp³-hybridized carbons (Fsp3) is 0.462. The first kappa shape index (κ1) is 13.7. The third kappa shape index (κ3) is 4.15. The van der Waals surface area contributed by atoms with Crippen LogP contribution in [0, 0.1) is 5.92 Å². The Labute approximate surface area is 92.3 Å². The van der Waals surface area contributed by atoms with Gasteiger partial charge in [0.15, 0.2) is 5.78 Å². The molecule has 1 fully saturated rings. The summed E-state index contributed by atoms with van der Waals surface area (Å²) in [5.74, 6) is 1.53. The second kappa shape index (κ2) is 7.04. The first-order chi connectivity index (χ1) is 7.15. The third-order valence-electron chi connectivity index (χ3n) is 2.48. The Morgan fingerprint density at radius 1 is 1.53 bits per heavy atom. The smallest absolute Gasteiger partial charge is 0.159 e. The molecule has 2 heteroatoms. The van der Waals surface area contributed by atoms with E-state index in [0.29, 0.717) is 12.3 Å². The summed E-state index contributed by atoms with van der Waals surface area (Å²) < 4.78 is 4.99. The minimum Gasteiger partial charge on any atom is -0.501 e. The zero-order valence-electron chi connectivity index (χ0n) is 9.88. The van der Waals surface area contributed by atoms with Gasteiger partial charge in [-0.05, 0) is 30.9 Å². The minimum atomic E-state index is 0.285. The lowest BCUT2D eigenvalue weighted by Crippen LogP contribution is -1.96. The summed E-state index contributed by atoms with van der Waals surface area (Å²) in [6, 6.07) is 0. The Kier molecular flexibility index (Phi) is 6.43. The van der Waals surface area contributed by atoms with Crippen molar-refractivity contribution in [1.82, 2.24) is 0 Å². The van der Waals surface area contributed by atoms with Crippen molar-refractivity contribution >= 4 is 5.78 Å². The molecular formula is C13H20O2. The third-order valence-corrected chi connectivity index (χ3v) is 2.48. The summed E-state index contributed by atoms with van der Waals surface area (Å²) >= 11 is 0. The van der Waals surface area contributed by atoms with Crippen LogP contribution in [-0.2, 0) is 9.53 Å². The Morgan fingerprint density at radius 2 is 2.13 bits per heavy atom. The maximum absolute atomic E-state index is 11.3. The summed E-state index contributed by atoms with van der Waals surface area (Å²) in [6.45, 7) is 9.97. The van der Waals surface area contributed by atoms with Gasteiger partial charge >= 0.3 is 0 Å². The zero-order valence-corrected chi connectivity index (χ0v) is 9.88. The van der Waals surface area contributed by atoms with Gasteiger partial charge in [-0.2, -0.15) is 0 Å². The average Bonchev–Trinajstić information content (AvgIpc) is 2.58. The standard InChI is InChI=1S/C11H16O2.C2H4/c1-8-4-7-11(12)10(8)6-5-9(2)13-3;1-2/h5-6,8H,4,7H2,1-3H3;1-2H2/b9-5+,10-6+;. The fourth-order valence-electron chi connectivity index (χ4n) is 1.45. The van der Waals surface area contributed by atoms with Crippen molar-refractivity contribution in [3.05, 3.63) is 36.6 Å². The molecule has 0 amide bonds. The lowest BCUT2D eigenvalue weighted by atomic mass is 10.0. The van der Waals surface area contributed by atoms with Gasteiger partial charge in [0, 0.05) is 6.42 Å². The van der Waals surface area contributed by atoms with Gasteiger partial charge in [-0.3, -0.25) is 4.79 Å². The second-order valence-corrected chi connectivity index (χ2v) is 3.47. The van der Waals surface area contributed by atoms with Crippen molar-refractivity contribution in [3.8, 4) is 0 Å². The molecule has 0 aromatic heterocycles. The summed E-state index contributed by atoms with van der Waals surface area (Å²) in [6.07, 6.45) is 5.44. The molecule has 1 aliphatic rings. The Morgan fingerprint density at radius 3 is 2.53 bits per heavy atom. The first-order valence-electron chi connectivity index (χ1n) is 5.11. The largest absolute Gasteiger partial charge is 0.501 e. The highest BCUT2D eigenvalue weighted by atomic mass is 16.5. The van der Waals surface area contributed by atoms with Gasteiger partial charge in [0.1, 0.15) is 0 Å². The van der Waals surface area contributed by atoms with Crippen LogP contribution in [0.5, 0.6) is 0 Å². The van der Waals surface area contributed by atoms with Crippen molar-refractivity contribution in [2.24, 2.45) is 5.92 Å². The number of rotatable bonds is 2. The number of Topliss-reactive ketones (excluding diaryl/α,β-unsaturated/α-hetero) is 1. The molecule has 0 spiro atoms. The predicted molar refractivity (Wildman–Crippen MR) is 63.5 cm³/mol. The molecule has 1 aliphatic carbocycles. The topological polar surface area (TPSA) is 26.3 Å². The maximum Gasteiger partial charge on any atom is 0.159 e. The lowest BCUT2D eigenvalue weighted by molar-refractivity contribution is -0.114. The van der Waals surface area contributed by atoms with E-state index in [1.165, 1.54) is 0 Å². The number of carbonyl (C=O) groups excluding carboxylic acids is 1. The van der Waals surface area contributed by atoms with Gasteiger partial charge in [0.25, 0.3) is 0 Å². The van der Waals surface area contributed by atoms with Crippen LogP contribution in [0.15, 0.2) is 36.6 Å². The van der Waals surface area contributed by atoms with Crippen LogP contribution in [-0.4, -0.2) is 12.9 Å². The molecule has 0 aromatic rings. The molecule has 0 bridgehead atoms. The Balaban J connectivity index is 0.000000921. The summed E-state index contributed by atoms with van der Waals surface area (Å²) in [4.78, 5) is 11.3. The van der Waals surface area contributed by atoms with Gasteiger partial charge in [-0.1, -0.05) is 13.0 Å². The van der Waals surface area contributed by atoms with Crippen molar-refractivity contribution in [2.45, 2.75) is 26.7 Å². The molecule has 2 nitrogen and oxygen atoms in total. The molecule has 1 rings (SSSR count). The van der Waals surface area contributed by atoms with Gasteiger partial charge < -0.3 is 4.74 Å². The highest BCUT2D eigenvalue weighted by Crippen LogP contribution is 2.27. The molecule has 84 valence electrons. The number of methoxy groups -OCH3 is 1. The molecule has 0 aliphatic heterocycles. The van der Waals surface area contributed by atoms with Crippen molar-refractivity contribution in [2.75, 3.05) is 7.11 Å². The van der Waals surface area contributed by atoms with E-state index in [1.54, 1.807) is 7.11 Å². The monoisotopic (exact) mass is 208 g/mol. The van der Waals surface area contributed by atoms with E-state index < -0.39 is 0 Å². The molecule has 0 heterocycles. The SMILES string of the molecule is C=C.CO/C(C)=C/C=C1/C(=O)CCC1C. The highest BCUT2D eigenvalue weighted by Gasteiger charge is 2.23. The minimum absolute atomic E-state index is 0.285. The van der Waals surface area contributed by atoms with Crippen LogP contribution >= 0.6 is 0 Å². The van der Waals surface area contributed by atoms with E-state index in [1.807, 2.05) is 19.1 Å². The molecule has 0 N–H and O–H groups in total. The quantitative estimate of drug-likeness (QED) is 0.395. The highest BCUT2D eigenvalue weighted by molar-refractivity contribution is 5.98. The molecular weight excluding hydrogens is 188 g/mol. The summed E-state index contributed by atoms with van der Waals surface area (Å²) in [7, 11) is 1.63. The van der Waals surface area contributed by atoms with Gasteiger partial charge in [-0.25, -0.2) is 0 Å². The van der Waals surface area contributed by atoms with Gasteiger partial charge in [0.2, 0.25) is 0 Å². The molecule has 0 radical (unpaired) electrons. The maximum atomic E-state index is 11.3. The number of ether oxygens (including phenoxy) is 1. The van der Waals surface area contributed by atoms with E-state index in [9.17, 15) is 4.79 Å². The first-order valence-corrected chi connectivity index (χ1v) is 5.11. The Hall–Kier alpha value is -1.31. The van der Waals surface area contributed by atoms with E-state index in [4.69, 9.17) is 4.74 Å². The van der Waals surface area contributed by atoms with Gasteiger partial charge in [-0.15, -0.1) is 13.2 Å².